The Labute approximate surface area is 115 Å². The highest BCUT2D eigenvalue weighted by atomic mass is 16.3. The molecule has 3 aliphatic carbocycles. The molecule has 2 bridgehead atoms. The van der Waals surface area contributed by atoms with Gasteiger partial charge in [-0.1, -0.05) is 6.42 Å². The number of hydrogen-bond acceptors (Lipinski definition) is 2. The summed E-state index contributed by atoms with van der Waals surface area (Å²) in [7, 11) is 0. The molecule has 3 unspecified atom stereocenters. The van der Waals surface area contributed by atoms with E-state index in [0.717, 1.165) is 43.6 Å². The summed E-state index contributed by atoms with van der Waals surface area (Å²) in [6.45, 7) is 1.60. The molecule has 0 saturated heterocycles. The summed E-state index contributed by atoms with van der Waals surface area (Å²) in [5.74, 6) is 2.79. The van der Waals surface area contributed by atoms with Crippen molar-refractivity contribution in [3.63, 3.8) is 0 Å². The lowest BCUT2D eigenvalue weighted by Crippen LogP contribution is -2.40. The van der Waals surface area contributed by atoms with E-state index in [-0.39, 0.29) is 18.1 Å². The number of carbonyl (C=O) groups is 1. The maximum atomic E-state index is 11.7. The zero-order valence-electron chi connectivity index (χ0n) is 11.7. The molecule has 0 aliphatic heterocycles. The molecule has 3 atom stereocenters. The molecule has 4 heteroatoms. The van der Waals surface area contributed by atoms with Crippen LogP contribution in [0, 0.1) is 23.2 Å². The van der Waals surface area contributed by atoms with Crippen LogP contribution in [0.3, 0.4) is 0 Å². The van der Waals surface area contributed by atoms with E-state index in [9.17, 15) is 9.90 Å². The van der Waals surface area contributed by atoms with Crippen LogP contribution in [0.5, 0.6) is 0 Å². The molecule has 3 N–H and O–H groups in total. The number of carbonyl (C=O) groups excluding carboxylic acids is 1. The smallest absolute Gasteiger partial charge is 0.314 e. The summed E-state index contributed by atoms with van der Waals surface area (Å²) in [5.41, 5.74) is 0.00193. The SMILES string of the molecule is O=C(NCCC1CC2CCC1C2)NCC1(CO)CC1. The van der Waals surface area contributed by atoms with Crippen molar-refractivity contribution in [2.24, 2.45) is 23.2 Å². The van der Waals surface area contributed by atoms with E-state index in [1.165, 1.54) is 25.7 Å². The maximum absolute atomic E-state index is 11.7. The van der Waals surface area contributed by atoms with Gasteiger partial charge in [-0.15, -0.1) is 0 Å². The molecule has 0 radical (unpaired) electrons. The first-order chi connectivity index (χ1) is 9.21. The largest absolute Gasteiger partial charge is 0.396 e. The van der Waals surface area contributed by atoms with Gasteiger partial charge < -0.3 is 15.7 Å². The van der Waals surface area contributed by atoms with Gasteiger partial charge >= 0.3 is 6.03 Å². The van der Waals surface area contributed by atoms with Gasteiger partial charge in [-0.05, 0) is 56.3 Å². The third-order valence-corrected chi connectivity index (χ3v) is 5.60. The van der Waals surface area contributed by atoms with Crippen LogP contribution >= 0.6 is 0 Å². The number of fused-ring (bicyclic) bond motifs is 2. The minimum atomic E-state index is -0.0668. The Morgan fingerprint density at radius 2 is 2.05 bits per heavy atom. The van der Waals surface area contributed by atoms with E-state index < -0.39 is 0 Å². The van der Waals surface area contributed by atoms with E-state index in [1.54, 1.807) is 0 Å². The molecule has 2 amide bonds. The molecule has 0 heterocycles. The van der Waals surface area contributed by atoms with Crippen LogP contribution in [0.4, 0.5) is 4.79 Å². The Kier molecular flexibility index (Phi) is 3.70. The predicted molar refractivity (Wildman–Crippen MR) is 73.7 cm³/mol. The molecule has 3 rings (SSSR count). The zero-order valence-corrected chi connectivity index (χ0v) is 11.7. The van der Waals surface area contributed by atoms with Gasteiger partial charge in [0.25, 0.3) is 0 Å². The van der Waals surface area contributed by atoms with Crippen molar-refractivity contribution in [2.75, 3.05) is 19.7 Å². The molecular weight excluding hydrogens is 240 g/mol. The Hall–Kier alpha value is -0.770. The van der Waals surface area contributed by atoms with Gasteiger partial charge in [0, 0.05) is 18.5 Å². The average Bonchev–Trinajstić information content (AvgIpc) is 2.91. The first-order valence-electron chi connectivity index (χ1n) is 7.83. The van der Waals surface area contributed by atoms with E-state index in [4.69, 9.17) is 0 Å². The van der Waals surface area contributed by atoms with Crippen LogP contribution in [0.2, 0.25) is 0 Å². The van der Waals surface area contributed by atoms with Crippen LogP contribution in [0.1, 0.15) is 44.9 Å². The fourth-order valence-electron chi connectivity index (χ4n) is 4.00. The molecule has 0 aromatic heterocycles. The summed E-state index contributed by atoms with van der Waals surface area (Å²) >= 11 is 0. The Morgan fingerprint density at radius 1 is 1.21 bits per heavy atom. The van der Waals surface area contributed by atoms with Crippen molar-refractivity contribution in [1.29, 1.82) is 0 Å². The summed E-state index contributed by atoms with van der Waals surface area (Å²) in [4.78, 5) is 11.7. The molecule has 3 saturated carbocycles. The summed E-state index contributed by atoms with van der Waals surface area (Å²) in [6, 6.07) is -0.0668. The third-order valence-electron chi connectivity index (χ3n) is 5.60. The number of rotatable bonds is 6. The van der Waals surface area contributed by atoms with Crippen LogP contribution in [0.25, 0.3) is 0 Å². The van der Waals surface area contributed by atoms with Crippen LogP contribution in [-0.2, 0) is 0 Å². The van der Waals surface area contributed by atoms with E-state index in [1.807, 2.05) is 0 Å². The van der Waals surface area contributed by atoms with Crippen molar-refractivity contribution >= 4 is 6.03 Å². The fraction of sp³-hybridized carbons (Fsp3) is 0.933. The number of amides is 2. The topological polar surface area (TPSA) is 61.4 Å². The molecule has 0 aromatic rings. The minimum absolute atomic E-state index is 0.00193. The molecule has 4 nitrogen and oxygen atoms in total. The van der Waals surface area contributed by atoms with Crippen molar-refractivity contribution in [3.05, 3.63) is 0 Å². The molecule has 0 aromatic carbocycles. The van der Waals surface area contributed by atoms with Crippen molar-refractivity contribution in [2.45, 2.75) is 44.9 Å². The Morgan fingerprint density at radius 3 is 2.63 bits per heavy atom. The molecule has 108 valence electrons. The first kappa shape index (κ1) is 13.2. The normalized spacial score (nSPS) is 34.3. The number of urea groups is 1. The number of nitrogens with one attached hydrogen (secondary N) is 2. The van der Waals surface area contributed by atoms with Crippen molar-refractivity contribution in [3.8, 4) is 0 Å². The quantitative estimate of drug-likeness (QED) is 0.687. The van der Waals surface area contributed by atoms with E-state index in [2.05, 4.69) is 10.6 Å². The second-order valence-corrected chi connectivity index (χ2v) is 6.99. The second kappa shape index (κ2) is 5.31. The molecule has 0 spiro atoms. The average molecular weight is 266 g/mol. The molecular formula is C15H26N2O2. The van der Waals surface area contributed by atoms with Crippen LogP contribution in [0.15, 0.2) is 0 Å². The molecule has 3 fully saturated rings. The third kappa shape index (κ3) is 3.04. The van der Waals surface area contributed by atoms with Crippen LogP contribution < -0.4 is 10.6 Å². The lowest BCUT2D eigenvalue weighted by atomic mass is 9.86. The van der Waals surface area contributed by atoms with Gasteiger partial charge in [-0.2, -0.15) is 0 Å². The van der Waals surface area contributed by atoms with Crippen molar-refractivity contribution in [1.82, 2.24) is 10.6 Å². The second-order valence-electron chi connectivity index (χ2n) is 6.99. The van der Waals surface area contributed by atoms with Gasteiger partial charge in [-0.3, -0.25) is 0 Å². The van der Waals surface area contributed by atoms with Gasteiger partial charge in [0.05, 0.1) is 6.61 Å². The summed E-state index contributed by atoms with van der Waals surface area (Å²) in [6.07, 6.45) is 8.90. The van der Waals surface area contributed by atoms with Gasteiger partial charge in [0.1, 0.15) is 0 Å². The van der Waals surface area contributed by atoms with E-state index >= 15 is 0 Å². The van der Waals surface area contributed by atoms with Gasteiger partial charge in [0.15, 0.2) is 0 Å². The number of hydrogen-bond donors (Lipinski definition) is 3. The highest BCUT2D eigenvalue weighted by Gasteiger charge is 2.42. The van der Waals surface area contributed by atoms with Crippen molar-refractivity contribution < 1.29 is 9.90 Å². The lowest BCUT2D eigenvalue weighted by Gasteiger charge is -2.21. The zero-order chi connectivity index (χ0) is 13.3. The molecule has 19 heavy (non-hydrogen) atoms. The maximum Gasteiger partial charge on any atom is 0.314 e. The minimum Gasteiger partial charge on any atom is -0.396 e. The number of aliphatic hydroxyl groups excluding tert-OH is 1. The number of aliphatic hydroxyl groups is 1. The van der Waals surface area contributed by atoms with Gasteiger partial charge in [-0.25, -0.2) is 4.79 Å². The first-order valence-corrected chi connectivity index (χ1v) is 7.83. The Balaban J connectivity index is 1.29. The molecule has 3 aliphatic rings. The predicted octanol–water partition coefficient (Wildman–Crippen LogP) is 1.88. The fourth-order valence-corrected chi connectivity index (χ4v) is 4.00. The van der Waals surface area contributed by atoms with Crippen LogP contribution in [-0.4, -0.2) is 30.8 Å². The van der Waals surface area contributed by atoms with Gasteiger partial charge in [0.2, 0.25) is 0 Å². The standard InChI is InChI=1S/C15H26N2O2/c18-10-15(4-5-15)9-17-14(19)16-6-3-13-8-11-1-2-12(13)7-11/h11-13,18H,1-10H2,(H2,16,17,19). The Bertz CT molecular complexity index is 341. The highest BCUT2D eigenvalue weighted by molar-refractivity contribution is 5.73. The lowest BCUT2D eigenvalue weighted by molar-refractivity contribution is 0.202. The van der Waals surface area contributed by atoms with E-state index in [0.29, 0.717) is 6.54 Å². The summed E-state index contributed by atoms with van der Waals surface area (Å²) in [5, 5.41) is 15.0. The highest BCUT2D eigenvalue weighted by Crippen LogP contribution is 2.49. The summed E-state index contributed by atoms with van der Waals surface area (Å²) < 4.78 is 0. The monoisotopic (exact) mass is 266 g/mol.